The van der Waals surface area contributed by atoms with Crippen LogP contribution in [0.25, 0.3) is 22.1 Å². The van der Waals surface area contributed by atoms with Gasteiger partial charge in [-0.25, -0.2) is 9.97 Å². The van der Waals surface area contributed by atoms with Gasteiger partial charge in [0.05, 0.1) is 13.2 Å². The molecule has 10 N–H and O–H groups in total. The number of fused-ring (bicyclic) bond motifs is 2. The van der Waals surface area contributed by atoms with Gasteiger partial charge in [-0.2, -0.15) is 0 Å². The van der Waals surface area contributed by atoms with Crippen molar-refractivity contribution in [3.63, 3.8) is 0 Å². The van der Waals surface area contributed by atoms with Crippen molar-refractivity contribution in [3.8, 4) is 0 Å². The Labute approximate surface area is 317 Å². The number of benzene rings is 2. The van der Waals surface area contributed by atoms with Gasteiger partial charge in [-0.1, -0.05) is 116 Å². The molecule has 2 atom stereocenters. The van der Waals surface area contributed by atoms with Crippen molar-refractivity contribution in [2.75, 3.05) is 24.7 Å². The molecule has 0 saturated heterocycles. The minimum Gasteiger partial charge on any atom is -0.395 e. The fraction of sp³-hybridized carbons (Fsp3) is 0.333. The number of nitrogen functional groups attached to an aromatic ring is 2. The molecule has 4 aromatic heterocycles. The lowest BCUT2D eigenvalue weighted by Crippen LogP contribution is -2.12. The SMILES string of the molecule is CC.CC.CC.CC.II.Nc1nc2c(C(CO)c3ccccc3)c[nH]c2c(=O)[nH]1.Nc1nc2c([C@@H](CO)c3ccccc3)c[nH]c2c(=O)[nH]1. The summed E-state index contributed by atoms with van der Waals surface area (Å²) >= 11 is 4.24. The van der Waals surface area contributed by atoms with Crippen LogP contribution in [0.3, 0.4) is 0 Å². The minimum atomic E-state index is -0.316. The van der Waals surface area contributed by atoms with Crippen LogP contribution in [0.1, 0.15) is 89.5 Å². The number of aromatic nitrogens is 6. The third kappa shape index (κ3) is 12.2. The van der Waals surface area contributed by atoms with E-state index in [1.807, 2.05) is 116 Å². The molecule has 0 amide bonds. The molecule has 0 saturated carbocycles. The Morgan fingerprint density at radius 3 is 1.18 bits per heavy atom. The van der Waals surface area contributed by atoms with E-state index in [9.17, 15) is 19.8 Å². The van der Waals surface area contributed by atoms with Gasteiger partial charge in [0.25, 0.3) is 11.1 Å². The summed E-state index contributed by atoms with van der Waals surface area (Å²) in [7, 11) is 0. The zero-order valence-electron chi connectivity index (χ0n) is 30.0. The van der Waals surface area contributed by atoms with E-state index in [4.69, 9.17) is 11.5 Å². The Morgan fingerprint density at radius 2 is 0.900 bits per heavy atom. The maximum Gasteiger partial charge on any atom is 0.276 e. The monoisotopic (exact) mass is 914 g/mol. The van der Waals surface area contributed by atoms with E-state index in [1.54, 1.807) is 12.4 Å². The molecule has 12 nitrogen and oxygen atoms in total. The van der Waals surface area contributed by atoms with Gasteiger partial charge in [0.15, 0.2) is 0 Å². The van der Waals surface area contributed by atoms with Crippen LogP contribution in [0, 0.1) is 0 Å². The molecule has 4 heterocycles. The molecule has 0 aliphatic heterocycles. The van der Waals surface area contributed by atoms with E-state index in [0.29, 0.717) is 22.1 Å². The predicted octanol–water partition coefficient (Wildman–Crippen LogP) is 7.79. The third-order valence-corrected chi connectivity index (χ3v) is 6.69. The molecule has 0 bridgehead atoms. The molecule has 0 fully saturated rings. The van der Waals surface area contributed by atoms with Crippen molar-refractivity contribution >= 4 is 71.2 Å². The Kier molecular flexibility index (Phi) is 24.2. The summed E-state index contributed by atoms with van der Waals surface area (Å²) < 4.78 is 0. The quantitative estimate of drug-likeness (QED) is 0.0770. The fourth-order valence-electron chi connectivity index (χ4n) is 4.77. The topological polar surface area (TPSA) is 216 Å². The van der Waals surface area contributed by atoms with Crippen molar-refractivity contribution in [3.05, 3.63) is 116 Å². The molecule has 2 aromatic carbocycles. The molecular weight excluding hydrogens is 862 g/mol. The maximum atomic E-state index is 11.8. The average molecular weight is 915 g/mol. The van der Waals surface area contributed by atoms with Gasteiger partial charge < -0.3 is 31.6 Å². The second-order valence-corrected chi connectivity index (χ2v) is 9.13. The van der Waals surface area contributed by atoms with Crippen LogP contribution in [0.5, 0.6) is 0 Å². The van der Waals surface area contributed by atoms with Crippen LogP contribution in [0.4, 0.5) is 11.9 Å². The predicted molar refractivity (Wildman–Crippen MR) is 226 cm³/mol. The molecule has 274 valence electrons. The highest BCUT2D eigenvalue weighted by Crippen LogP contribution is 2.29. The number of nitrogens with two attached hydrogens (primary N) is 2. The summed E-state index contributed by atoms with van der Waals surface area (Å²) in [5.74, 6) is -0.376. The molecular formula is C36H52I2N8O4. The fourth-order valence-corrected chi connectivity index (χ4v) is 4.77. The maximum absolute atomic E-state index is 11.8. The number of nitrogens with one attached hydrogen (secondary N) is 4. The van der Waals surface area contributed by atoms with Crippen LogP contribution in [0.2, 0.25) is 0 Å². The second-order valence-electron chi connectivity index (χ2n) is 9.13. The van der Waals surface area contributed by atoms with E-state index >= 15 is 0 Å². The lowest BCUT2D eigenvalue weighted by Gasteiger charge is -2.13. The Bertz CT molecular complexity index is 1740. The molecule has 14 heteroatoms. The molecule has 6 rings (SSSR count). The summed E-state index contributed by atoms with van der Waals surface area (Å²) in [6.07, 6.45) is 3.39. The molecule has 0 spiro atoms. The highest BCUT2D eigenvalue weighted by atomic mass is 128. The second kappa shape index (κ2) is 26.1. The van der Waals surface area contributed by atoms with Crippen molar-refractivity contribution in [2.24, 2.45) is 0 Å². The standard InChI is InChI=1S/2C14H14N4O2.4C2H6.I2/c2*15-14-17-11-9(6-16-12(11)13(20)18-14)10(7-19)8-4-2-1-3-5-8;5*1-2/h2*1-6,10,16,19H,7H2,(H3,15,17,18,20);4*1-2H3;/t10-;;;;;;/m0....../s1. The number of rotatable bonds is 6. The summed E-state index contributed by atoms with van der Waals surface area (Å²) in [5.41, 5.74) is 15.7. The van der Waals surface area contributed by atoms with Gasteiger partial charge in [-0.05, 0) is 11.1 Å². The molecule has 50 heavy (non-hydrogen) atoms. The summed E-state index contributed by atoms with van der Waals surface area (Å²) in [5, 5.41) is 19.4. The molecule has 0 aliphatic carbocycles. The summed E-state index contributed by atoms with van der Waals surface area (Å²) in [4.78, 5) is 42.6. The zero-order chi connectivity index (χ0) is 38.2. The number of aromatic amines is 4. The van der Waals surface area contributed by atoms with E-state index < -0.39 is 0 Å². The Hall–Kier alpha value is -3.74. The van der Waals surface area contributed by atoms with Crippen LogP contribution < -0.4 is 22.6 Å². The number of halogens is 2. The van der Waals surface area contributed by atoms with E-state index in [0.717, 1.165) is 22.3 Å². The number of hydrogen-bond acceptors (Lipinski definition) is 8. The van der Waals surface area contributed by atoms with Crippen LogP contribution in [-0.2, 0) is 0 Å². The van der Waals surface area contributed by atoms with E-state index in [1.165, 1.54) is 0 Å². The first-order valence-electron chi connectivity index (χ1n) is 16.6. The van der Waals surface area contributed by atoms with Crippen molar-refractivity contribution < 1.29 is 10.2 Å². The molecule has 0 radical (unpaired) electrons. The highest BCUT2D eigenvalue weighted by Gasteiger charge is 2.21. The number of anilines is 2. The van der Waals surface area contributed by atoms with Gasteiger partial charge >= 0.3 is 0 Å². The molecule has 0 aliphatic rings. The first-order chi connectivity index (χ1) is 24.4. The van der Waals surface area contributed by atoms with Gasteiger partial charge in [0.1, 0.15) is 22.1 Å². The normalized spacial score (nSPS) is 10.7. The number of aliphatic hydroxyl groups is 2. The minimum absolute atomic E-state index is 0.0631. The number of nitrogens with zero attached hydrogens (tertiary/aromatic N) is 2. The number of aliphatic hydroxyl groups excluding tert-OH is 2. The molecule has 6 aromatic rings. The van der Waals surface area contributed by atoms with Crippen molar-refractivity contribution in [1.82, 2.24) is 29.9 Å². The zero-order valence-corrected chi connectivity index (χ0v) is 34.3. The van der Waals surface area contributed by atoms with Crippen molar-refractivity contribution in [2.45, 2.75) is 67.2 Å². The van der Waals surface area contributed by atoms with Gasteiger partial charge in [-0.15, -0.1) is 0 Å². The summed E-state index contributed by atoms with van der Waals surface area (Å²) in [6, 6.07) is 19.1. The largest absolute Gasteiger partial charge is 0.395 e. The van der Waals surface area contributed by atoms with E-state index in [-0.39, 0.29) is 48.1 Å². The smallest absolute Gasteiger partial charge is 0.276 e. The van der Waals surface area contributed by atoms with Gasteiger partial charge in [-0.3, -0.25) is 19.6 Å². The van der Waals surface area contributed by atoms with Crippen LogP contribution in [0.15, 0.2) is 82.6 Å². The van der Waals surface area contributed by atoms with Crippen LogP contribution in [-0.4, -0.2) is 53.3 Å². The number of hydrogen-bond donors (Lipinski definition) is 8. The Balaban J connectivity index is 0.000000770. The Morgan fingerprint density at radius 1 is 0.600 bits per heavy atom. The highest BCUT2D eigenvalue weighted by molar-refractivity contribution is 15.0. The third-order valence-electron chi connectivity index (χ3n) is 6.69. The summed E-state index contributed by atoms with van der Waals surface area (Å²) in [6.45, 7) is 15.8. The lowest BCUT2D eigenvalue weighted by molar-refractivity contribution is 0.281. The van der Waals surface area contributed by atoms with Gasteiger partial charge in [0, 0.05) is 72.6 Å². The lowest BCUT2D eigenvalue weighted by atomic mass is 9.93. The average Bonchev–Trinajstić information content (AvgIpc) is 3.79. The van der Waals surface area contributed by atoms with Gasteiger partial charge in [0.2, 0.25) is 11.9 Å². The first kappa shape index (κ1) is 46.3. The molecule has 1 unspecified atom stereocenters. The first-order valence-corrected chi connectivity index (χ1v) is 22.9. The van der Waals surface area contributed by atoms with Crippen LogP contribution >= 0.6 is 37.2 Å². The van der Waals surface area contributed by atoms with Crippen molar-refractivity contribution in [1.29, 1.82) is 0 Å². The van der Waals surface area contributed by atoms with E-state index in [2.05, 4.69) is 67.1 Å². The number of H-pyrrole nitrogens is 4.